The van der Waals surface area contributed by atoms with Gasteiger partial charge in [-0.2, -0.15) is 0 Å². The van der Waals surface area contributed by atoms with Crippen molar-refractivity contribution in [3.05, 3.63) is 136 Å². The van der Waals surface area contributed by atoms with Gasteiger partial charge in [-0.1, -0.05) is 99.5 Å². The first kappa shape index (κ1) is 53.6. The van der Waals surface area contributed by atoms with E-state index < -0.39 is 29.5 Å². The maximum Gasteiger partial charge on any atom is 0.296 e. The molecule has 0 saturated carbocycles. The number of hydrogen-bond donors (Lipinski definition) is 7. The molecule has 1 saturated heterocycles. The average Bonchev–Trinajstić information content (AvgIpc) is 4.09. The van der Waals surface area contributed by atoms with Crippen LogP contribution in [-0.2, 0) is 41.7 Å². The highest BCUT2D eigenvalue weighted by Gasteiger charge is 2.44. The molecule has 1 aliphatic rings. The van der Waals surface area contributed by atoms with Gasteiger partial charge in [-0.3, -0.25) is 19.2 Å². The molecule has 0 radical (unpaired) electrons. The van der Waals surface area contributed by atoms with Gasteiger partial charge in [-0.05, 0) is 60.2 Å². The molecule has 6 aromatic rings. The topological polar surface area (TPSA) is 220 Å². The van der Waals surface area contributed by atoms with Gasteiger partial charge >= 0.3 is 0 Å². The van der Waals surface area contributed by atoms with Crippen LogP contribution in [-0.4, -0.2) is 119 Å². The summed E-state index contributed by atoms with van der Waals surface area (Å²) in [5, 5.41) is 34.4. The fraction of sp³-hybridized carbons (Fsp3) is 0.357. The zero-order valence-electron chi connectivity index (χ0n) is 41.9. The number of aromatic amines is 1. The lowest BCUT2D eigenvalue weighted by Gasteiger charge is -2.35. The Labute approximate surface area is 430 Å². The molecular formula is C56H64N8O8S. The number of aliphatic hydroxyl groups is 1. The van der Waals surface area contributed by atoms with Crippen molar-refractivity contribution in [2.45, 2.75) is 78.7 Å². The summed E-state index contributed by atoms with van der Waals surface area (Å²) < 4.78 is 11.4. The standard InChI is InChI=1S/C56H64N8O8S/c1-6-58-47(66)23-17-37-16-22-44-45(30-37)62-54(69)49(44)50(40-10-8-7-9-11-40)61-42-20-14-38(15-21-42)32-57-25-27-72-29-28-71-26-24-48(67)63-52(56(3,4)5)55(70)64-34-43(65)31-46(64)53(68)59-33-39-12-18-41(19-13-39)51-36(2)60-35-73-51/h7-16,18-22,30,35,43,46,52,57,62,65,69H,6,24-29,31-34H2,1-5H3,(H,58,66)(H,59,68)(H,63,67)/t43-,46+,52-/m1/s1. The van der Waals surface area contributed by atoms with Gasteiger partial charge in [0.15, 0.2) is 5.88 Å². The molecule has 2 aromatic heterocycles. The van der Waals surface area contributed by atoms with E-state index in [-0.39, 0.29) is 62.7 Å². The summed E-state index contributed by atoms with van der Waals surface area (Å²) in [6.07, 6.45) is -0.740. The number of thiazole rings is 1. The number of carbonyl (C=O) groups excluding carboxylic acids is 4. The highest BCUT2D eigenvalue weighted by molar-refractivity contribution is 7.13. The number of nitrogens with zero attached hydrogens (tertiary/aromatic N) is 3. The van der Waals surface area contributed by atoms with E-state index >= 15 is 0 Å². The molecule has 1 fully saturated rings. The van der Waals surface area contributed by atoms with Gasteiger partial charge in [0.2, 0.25) is 17.7 Å². The minimum atomic E-state index is -0.935. The van der Waals surface area contributed by atoms with Gasteiger partial charge in [0.1, 0.15) is 12.1 Å². The minimum absolute atomic E-state index is 0.00866. The molecule has 4 amide bonds. The summed E-state index contributed by atoms with van der Waals surface area (Å²) in [6, 6.07) is 29.0. The van der Waals surface area contributed by atoms with Crippen molar-refractivity contribution < 1.29 is 38.9 Å². The van der Waals surface area contributed by atoms with Crippen LogP contribution in [0.3, 0.4) is 0 Å². The lowest BCUT2D eigenvalue weighted by molar-refractivity contribution is -0.144. The zero-order chi connectivity index (χ0) is 51.9. The molecule has 4 aromatic carbocycles. The number of aryl methyl sites for hydroxylation is 1. The molecule has 0 unspecified atom stereocenters. The quantitative estimate of drug-likeness (QED) is 0.0243. The molecule has 3 heterocycles. The number of hydrogen-bond acceptors (Lipinski definition) is 12. The number of likely N-dealkylation sites (tertiary alicyclic amines) is 1. The lowest BCUT2D eigenvalue weighted by Crippen LogP contribution is -2.57. The summed E-state index contributed by atoms with van der Waals surface area (Å²) in [4.78, 5) is 67.3. The number of rotatable bonds is 21. The van der Waals surface area contributed by atoms with E-state index in [0.717, 1.165) is 38.2 Å². The summed E-state index contributed by atoms with van der Waals surface area (Å²) >= 11 is 1.57. The van der Waals surface area contributed by atoms with Gasteiger partial charge in [0.25, 0.3) is 5.91 Å². The Bertz CT molecular complexity index is 2940. The lowest BCUT2D eigenvalue weighted by atomic mass is 9.85. The Kier molecular flexibility index (Phi) is 18.7. The van der Waals surface area contributed by atoms with Crippen molar-refractivity contribution in [2.24, 2.45) is 10.4 Å². The number of fused-ring (bicyclic) bond motifs is 1. The van der Waals surface area contributed by atoms with E-state index in [4.69, 9.17) is 14.5 Å². The van der Waals surface area contributed by atoms with Crippen molar-refractivity contribution >= 4 is 57.3 Å². The van der Waals surface area contributed by atoms with Gasteiger partial charge in [0, 0.05) is 68.0 Å². The number of H-pyrrole nitrogens is 1. The number of benzene rings is 4. The number of aromatic nitrogens is 2. The van der Waals surface area contributed by atoms with E-state index in [1.807, 2.05) is 131 Å². The van der Waals surface area contributed by atoms with Crippen molar-refractivity contribution in [1.29, 1.82) is 0 Å². The van der Waals surface area contributed by atoms with Crippen LogP contribution >= 0.6 is 11.3 Å². The van der Waals surface area contributed by atoms with Crippen molar-refractivity contribution in [3.8, 4) is 28.2 Å². The van der Waals surface area contributed by atoms with Gasteiger partial charge in [-0.25, -0.2) is 9.98 Å². The average molecular weight is 1010 g/mol. The summed E-state index contributed by atoms with van der Waals surface area (Å²) in [7, 11) is 0. The van der Waals surface area contributed by atoms with Crippen LogP contribution in [0.15, 0.2) is 108 Å². The summed E-state index contributed by atoms with van der Waals surface area (Å²) in [6.45, 7) is 12.5. The number of nitrogens with one attached hydrogen (secondary N) is 5. The molecule has 16 nitrogen and oxygen atoms in total. The maximum absolute atomic E-state index is 14.0. The Morgan fingerprint density at radius 3 is 2.33 bits per heavy atom. The number of carbonyl (C=O) groups is 4. The van der Waals surface area contributed by atoms with E-state index in [1.165, 1.54) is 4.90 Å². The molecule has 3 atom stereocenters. The number of β-amino-alcohol motifs (C(OH)–C–C–N with tert-alkyl or cyclic N) is 1. The first-order valence-corrected chi connectivity index (χ1v) is 25.4. The monoisotopic (exact) mass is 1010 g/mol. The second-order valence-electron chi connectivity index (χ2n) is 18.8. The van der Waals surface area contributed by atoms with Crippen molar-refractivity contribution in [2.75, 3.05) is 46.1 Å². The highest BCUT2D eigenvalue weighted by Crippen LogP contribution is 2.33. The molecule has 7 N–H and O–H groups in total. The Morgan fingerprint density at radius 1 is 0.918 bits per heavy atom. The normalized spacial score (nSPS) is 15.2. The predicted molar refractivity (Wildman–Crippen MR) is 283 cm³/mol. The number of ether oxygens (including phenoxy) is 2. The summed E-state index contributed by atoms with van der Waals surface area (Å²) in [5.74, 6) is 3.93. The molecule has 1 aliphatic heterocycles. The minimum Gasteiger partial charge on any atom is -0.494 e. The fourth-order valence-corrected chi connectivity index (χ4v) is 9.20. The second-order valence-corrected chi connectivity index (χ2v) is 19.7. The van der Waals surface area contributed by atoms with Crippen LogP contribution in [0.2, 0.25) is 0 Å². The predicted octanol–water partition coefficient (Wildman–Crippen LogP) is 6.28. The van der Waals surface area contributed by atoms with Gasteiger partial charge in [0.05, 0.1) is 71.1 Å². The number of amides is 4. The number of aliphatic hydroxyl groups excluding tert-OH is 1. The molecule has 17 heteroatoms. The van der Waals surface area contributed by atoms with E-state index in [1.54, 1.807) is 17.4 Å². The number of aromatic hydroxyl groups is 1. The third-order valence-corrected chi connectivity index (χ3v) is 13.2. The van der Waals surface area contributed by atoms with E-state index in [0.29, 0.717) is 60.9 Å². The molecule has 382 valence electrons. The molecule has 73 heavy (non-hydrogen) atoms. The van der Waals surface area contributed by atoms with E-state index in [2.05, 4.69) is 43.1 Å². The Hall–Kier alpha value is -7.20. The maximum atomic E-state index is 14.0. The first-order valence-electron chi connectivity index (χ1n) is 24.5. The van der Waals surface area contributed by atoms with Crippen LogP contribution in [0, 0.1) is 24.2 Å². The molecule has 0 spiro atoms. The third-order valence-electron chi connectivity index (χ3n) is 12.2. The van der Waals surface area contributed by atoms with E-state index in [9.17, 15) is 29.4 Å². The second kappa shape index (κ2) is 25.5. The van der Waals surface area contributed by atoms with Gasteiger partial charge < -0.3 is 50.8 Å². The van der Waals surface area contributed by atoms with Crippen LogP contribution in [0.1, 0.15) is 74.0 Å². The Morgan fingerprint density at radius 2 is 1.63 bits per heavy atom. The molecule has 7 rings (SSSR count). The highest BCUT2D eigenvalue weighted by atomic mass is 32.1. The SMILES string of the molecule is CCNC(=O)C#Cc1ccc2c(C(=Nc3ccc(CNCCOCCOCCC(=O)N[C@H](C(=O)N4C[C@H](O)C[C@H]4C(=O)NCc4ccc(-c5scnc5C)cc4)C(C)(C)C)cc3)c3ccccc3)c(O)[nH]c2c1. The zero-order valence-corrected chi connectivity index (χ0v) is 42.7. The first-order chi connectivity index (χ1) is 35.2. The molecular weight excluding hydrogens is 945 g/mol. The third kappa shape index (κ3) is 14.7. The molecule has 0 bridgehead atoms. The smallest absolute Gasteiger partial charge is 0.296 e. The Balaban J connectivity index is 0.816. The van der Waals surface area contributed by atoms with Gasteiger partial charge in [-0.15, -0.1) is 11.3 Å². The van der Waals surface area contributed by atoms with Crippen LogP contribution in [0.25, 0.3) is 21.3 Å². The number of aliphatic imine (C=N–C) groups is 1. The summed E-state index contributed by atoms with van der Waals surface area (Å²) in [5.41, 5.74) is 9.06. The van der Waals surface area contributed by atoms with Crippen LogP contribution in [0.4, 0.5) is 5.69 Å². The fourth-order valence-electron chi connectivity index (χ4n) is 8.39. The van der Waals surface area contributed by atoms with Crippen LogP contribution in [0.5, 0.6) is 5.88 Å². The van der Waals surface area contributed by atoms with Crippen LogP contribution < -0.4 is 21.3 Å². The van der Waals surface area contributed by atoms with Crippen molar-refractivity contribution in [1.82, 2.24) is 36.1 Å². The molecule has 0 aliphatic carbocycles. The largest absolute Gasteiger partial charge is 0.494 e. The van der Waals surface area contributed by atoms with Crippen molar-refractivity contribution in [3.63, 3.8) is 0 Å².